The molecule has 6 unspecified atom stereocenters. The molecule has 1 saturated heterocycles. The average molecular weight is 659 g/mol. The number of benzene rings is 5. The van der Waals surface area contributed by atoms with Gasteiger partial charge in [0, 0.05) is 28.6 Å². The molecule has 0 radical (unpaired) electrons. The summed E-state index contributed by atoms with van der Waals surface area (Å²) in [6.45, 7) is 2.35. The van der Waals surface area contributed by atoms with Gasteiger partial charge in [0.25, 0.3) is 0 Å². The van der Waals surface area contributed by atoms with Crippen LogP contribution in [0.25, 0.3) is 22.3 Å². The Bertz CT molecular complexity index is 2310. The van der Waals surface area contributed by atoms with Crippen molar-refractivity contribution in [3.8, 4) is 17.2 Å². The van der Waals surface area contributed by atoms with Gasteiger partial charge in [-0.15, -0.1) is 0 Å². The standard InChI is InChI=1S/C47H38N4/c1-32-39(24-26-43(49-38-20-9-4-10-21-38)46(32)35-17-7-3-8-18-35)36-23-25-42(40(29-36)34-15-5-2-6-16-34)50-45-30-41(37-19-13-14-33(28-37)31-48)47-27-12-11-22-44(47)51(45)47/h2-30,32,39,44-45,49-50H,1H3. The number of para-hydroxylation sites is 1. The van der Waals surface area contributed by atoms with Crippen LogP contribution in [-0.4, -0.2) is 22.6 Å². The minimum absolute atomic E-state index is 0.0100. The Morgan fingerprint density at radius 2 is 1.45 bits per heavy atom. The summed E-state index contributed by atoms with van der Waals surface area (Å²) >= 11 is 0. The summed E-state index contributed by atoms with van der Waals surface area (Å²) < 4.78 is 0. The van der Waals surface area contributed by atoms with Crippen LogP contribution >= 0.6 is 0 Å². The molecule has 4 aliphatic rings. The predicted molar refractivity (Wildman–Crippen MR) is 210 cm³/mol. The number of rotatable bonds is 8. The number of hydrogen-bond acceptors (Lipinski definition) is 4. The second-order valence-electron chi connectivity index (χ2n) is 13.8. The first-order chi connectivity index (χ1) is 25.1. The first-order valence-corrected chi connectivity index (χ1v) is 17.8. The summed E-state index contributed by atoms with van der Waals surface area (Å²) in [5.74, 6) is 0.423. The van der Waals surface area contributed by atoms with Crippen molar-refractivity contribution in [1.82, 2.24) is 4.90 Å². The van der Waals surface area contributed by atoms with Gasteiger partial charge in [-0.1, -0.05) is 134 Å². The quantitative estimate of drug-likeness (QED) is 0.163. The largest absolute Gasteiger partial charge is 0.366 e. The van der Waals surface area contributed by atoms with Crippen molar-refractivity contribution < 1.29 is 0 Å². The normalized spacial score (nSPS) is 25.4. The van der Waals surface area contributed by atoms with Crippen LogP contribution in [0.1, 0.15) is 35.1 Å². The lowest BCUT2D eigenvalue weighted by atomic mass is 9.75. The molecule has 4 nitrogen and oxygen atoms in total. The van der Waals surface area contributed by atoms with Gasteiger partial charge in [0.1, 0.15) is 6.17 Å². The zero-order chi connectivity index (χ0) is 34.4. The molecular weight excluding hydrogens is 621 g/mol. The molecule has 2 N–H and O–H groups in total. The lowest BCUT2D eigenvalue weighted by molar-refractivity contribution is 0.468. The van der Waals surface area contributed by atoms with Gasteiger partial charge in [-0.25, -0.2) is 0 Å². The van der Waals surface area contributed by atoms with Gasteiger partial charge in [-0.3, -0.25) is 4.90 Å². The molecule has 1 spiro atoms. The van der Waals surface area contributed by atoms with Crippen LogP contribution in [0.15, 0.2) is 182 Å². The van der Waals surface area contributed by atoms with Crippen LogP contribution in [0.2, 0.25) is 0 Å². The molecule has 51 heavy (non-hydrogen) atoms. The van der Waals surface area contributed by atoms with Crippen molar-refractivity contribution in [3.05, 3.63) is 204 Å². The molecule has 4 heteroatoms. The highest BCUT2D eigenvalue weighted by Gasteiger charge is 2.68. The number of fused-ring (bicyclic) bond motifs is 1. The molecule has 0 amide bonds. The van der Waals surface area contributed by atoms with E-state index in [0.717, 1.165) is 22.6 Å². The highest BCUT2D eigenvalue weighted by molar-refractivity contribution is 5.87. The van der Waals surface area contributed by atoms with Crippen molar-refractivity contribution in [2.45, 2.75) is 30.6 Å². The average Bonchev–Trinajstić information content (AvgIpc) is 3.77. The molecule has 0 bridgehead atoms. The van der Waals surface area contributed by atoms with E-state index >= 15 is 0 Å². The number of nitriles is 1. The maximum Gasteiger partial charge on any atom is 0.101 e. The van der Waals surface area contributed by atoms with E-state index in [1.807, 2.05) is 24.3 Å². The number of hydrogen-bond donors (Lipinski definition) is 2. The van der Waals surface area contributed by atoms with Crippen molar-refractivity contribution in [2.75, 3.05) is 10.6 Å². The van der Waals surface area contributed by atoms with Gasteiger partial charge in [-0.2, -0.15) is 5.26 Å². The molecule has 246 valence electrons. The lowest BCUT2D eigenvalue weighted by Gasteiger charge is -2.31. The molecule has 2 heterocycles. The van der Waals surface area contributed by atoms with E-state index in [2.05, 4.69) is 180 Å². The van der Waals surface area contributed by atoms with E-state index in [1.54, 1.807) is 0 Å². The van der Waals surface area contributed by atoms with E-state index in [-0.39, 0.29) is 29.6 Å². The molecule has 0 saturated carbocycles. The number of nitrogens with zero attached hydrogens (tertiary/aromatic N) is 2. The molecule has 9 rings (SSSR count). The highest BCUT2D eigenvalue weighted by Crippen LogP contribution is 2.60. The second-order valence-corrected chi connectivity index (χ2v) is 13.8. The zero-order valence-electron chi connectivity index (χ0n) is 28.4. The second kappa shape index (κ2) is 12.6. The van der Waals surface area contributed by atoms with Gasteiger partial charge in [-0.05, 0) is 87.9 Å². The Hall–Kier alpha value is -6.15. The topological polar surface area (TPSA) is 50.9 Å². The lowest BCUT2D eigenvalue weighted by Crippen LogP contribution is -2.27. The molecule has 2 aliphatic carbocycles. The van der Waals surface area contributed by atoms with Gasteiger partial charge in [0.15, 0.2) is 0 Å². The van der Waals surface area contributed by atoms with Crippen LogP contribution in [-0.2, 0) is 0 Å². The third-order valence-electron chi connectivity index (χ3n) is 10.9. The van der Waals surface area contributed by atoms with Crippen LogP contribution in [0, 0.1) is 17.2 Å². The number of anilines is 2. The van der Waals surface area contributed by atoms with Crippen molar-refractivity contribution in [3.63, 3.8) is 0 Å². The Morgan fingerprint density at radius 1 is 0.725 bits per heavy atom. The van der Waals surface area contributed by atoms with Gasteiger partial charge in [0.05, 0.1) is 23.2 Å². The minimum Gasteiger partial charge on any atom is -0.366 e. The fourth-order valence-electron chi connectivity index (χ4n) is 8.52. The minimum atomic E-state index is -0.193. The SMILES string of the molecule is CC1C(c2ccccc2)=C(Nc2ccccc2)C=CC1c1ccc(NC2C=C(c3cccc(C#N)c3)C34C=CC=CC3N24)c(-c2ccccc2)c1. The van der Waals surface area contributed by atoms with E-state index < -0.39 is 0 Å². The first-order valence-electron chi connectivity index (χ1n) is 17.8. The third-order valence-corrected chi connectivity index (χ3v) is 10.9. The summed E-state index contributed by atoms with van der Waals surface area (Å²) in [6.07, 6.45) is 15.9. The molecule has 0 aromatic heterocycles. The smallest absolute Gasteiger partial charge is 0.101 e. The van der Waals surface area contributed by atoms with Crippen molar-refractivity contribution in [2.24, 2.45) is 5.92 Å². The molecular formula is C47H38N4. The maximum atomic E-state index is 9.65. The van der Waals surface area contributed by atoms with Gasteiger partial charge >= 0.3 is 0 Å². The number of allylic oxidation sites excluding steroid dienone is 5. The van der Waals surface area contributed by atoms with Gasteiger partial charge < -0.3 is 10.6 Å². The molecule has 1 fully saturated rings. The summed E-state index contributed by atoms with van der Waals surface area (Å²) in [5.41, 5.74) is 12.4. The molecule has 6 atom stereocenters. The van der Waals surface area contributed by atoms with Gasteiger partial charge in [0.2, 0.25) is 0 Å². The van der Waals surface area contributed by atoms with E-state index in [0.29, 0.717) is 5.56 Å². The summed E-state index contributed by atoms with van der Waals surface area (Å²) in [4.78, 5) is 2.54. The predicted octanol–water partition coefficient (Wildman–Crippen LogP) is 10.4. The fourth-order valence-corrected chi connectivity index (χ4v) is 8.52. The summed E-state index contributed by atoms with van der Waals surface area (Å²) in [6, 6.07) is 49.5. The highest BCUT2D eigenvalue weighted by atomic mass is 15.5. The van der Waals surface area contributed by atoms with Crippen LogP contribution in [0.5, 0.6) is 0 Å². The van der Waals surface area contributed by atoms with E-state index in [9.17, 15) is 5.26 Å². The van der Waals surface area contributed by atoms with Crippen molar-refractivity contribution in [1.29, 1.82) is 5.26 Å². The summed E-state index contributed by atoms with van der Waals surface area (Å²) in [7, 11) is 0. The van der Waals surface area contributed by atoms with E-state index in [4.69, 9.17) is 0 Å². The molecule has 2 aliphatic heterocycles. The first kappa shape index (κ1) is 30.9. The van der Waals surface area contributed by atoms with E-state index in [1.165, 1.54) is 33.4 Å². The Labute approximate surface area is 300 Å². The third kappa shape index (κ3) is 5.35. The monoisotopic (exact) mass is 658 g/mol. The van der Waals surface area contributed by atoms with Crippen molar-refractivity contribution >= 4 is 22.5 Å². The fraction of sp³-hybridized carbons (Fsp3) is 0.128. The molecule has 5 aromatic carbocycles. The Balaban J connectivity index is 1.08. The summed E-state index contributed by atoms with van der Waals surface area (Å²) in [5, 5.41) is 17.3. The maximum absolute atomic E-state index is 9.65. The Kier molecular flexibility index (Phi) is 7.64. The van der Waals surface area contributed by atoms with Crippen LogP contribution in [0.3, 0.4) is 0 Å². The van der Waals surface area contributed by atoms with Crippen LogP contribution in [0.4, 0.5) is 11.4 Å². The number of nitrogens with one attached hydrogen (secondary N) is 2. The zero-order valence-corrected chi connectivity index (χ0v) is 28.4. The molecule has 5 aromatic rings. The Morgan fingerprint density at radius 3 is 2.22 bits per heavy atom. The van der Waals surface area contributed by atoms with Crippen LogP contribution < -0.4 is 10.6 Å².